The Kier molecular flexibility index (Phi) is 7.69. The van der Waals surface area contributed by atoms with Crippen LogP contribution < -0.4 is 10.1 Å². The predicted molar refractivity (Wildman–Crippen MR) is 113 cm³/mol. The van der Waals surface area contributed by atoms with Crippen LogP contribution >= 0.6 is 11.6 Å². The molecule has 0 aliphatic carbocycles. The van der Waals surface area contributed by atoms with Gasteiger partial charge in [-0.2, -0.15) is 23.1 Å². The first kappa shape index (κ1) is 24.6. The van der Waals surface area contributed by atoms with Gasteiger partial charge in [-0.05, 0) is 20.5 Å². The van der Waals surface area contributed by atoms with Crippen molar-refractivity contribution in [3.8, 4) is 22.8 Å². The summed E-state index contributed by atoms with van der Waals surface area (Å²) >= 11 is 6.18. The number of halogens is 6. The second-order valence-electron chi connectivity index (χ2n) is 7.24. The number of aromatic nitrogens is 4. The maximum absolute atomic E-state index is 14.9. The van der Waals surface area contributed by atoms with E-state index in [-0.39, 0.29) is 18.3 Å². The zero-order valence-corrected chi connectivity index (χ0v) is 18.4. The molecule has 7 nitrogen and oxygen atoms in total. The zero-order chi connectivity index (χ0) is 24.2. The van der Waals surface area contributed by atoms with Gasteiger partial charge < -0.3 is 15.0 Å². The number of anilines is 1. The average Bonchev–Trinajstić information content (AvgIpc) is 3.24. The van der Waals surface area contributed by atoms with Crippen LogP contribution in [0, 0.1) is 11.6 Å². The smallest absolute Gasteiger partial charge is 0.405 e. The molecular formula is C20H20ClF5N6O. The molecule has 13 heteroatoms. The molecule has 0 saturated carbocycles. The highest BCUT2D eigenvalue weighted by molar-refractivity contribution is 6.32. The van der Waals surface area contributed by atoms with Crippen molar-refractivity contribution in [2.75, 3.05) is 39.1 Å². The predicted octanol–water partition coefficient (Wildman–Crippen LogP) is 4.57. The number of ether oxygens (including phenoxy) is 1. The molecule has 0 bridgehead atoms. The SMILES string of the molecule is CN(C)CCCOc1cc(F)c(-c2c(Cl)nc(-n3ccnc3)nc2NCC(F)(F)F)c(F)c1. The van der Waals surface area contributed by atoms with Gasteiger partial charge in [-0.1, -0.05) is 11.6 Å². The second-order valence-corrected chi connectivity index (χ2v) is 7.60. The summed E-state index contributed by atoms with van der Waals surface area (Å²) in [6.07, 6.45) is 0.125. The molecule has 3 aromatic rings. The molecule has 0 fully saturated rings. The highest BCUT2D eigenvalue weighted by Crippen LogP contribution is 2.38. The van der Waals surface area contributed by atoms with Crippen LogP contribution in [0.1, 0.15) is 6.42 Å². The van der Waals surface area contributed by atoms with E-state index < -0.39 is 46.5 Å². The van der Waals surface area contributed by atoms with Crippen LogP contribution in [0.25, 0.3) is 17.1 Å². The molecule has 0 radical (unpaired) electrons. The third-order valence-electron chi connectivity index (χ3n) is 4.33. The summed E-state index contributed by atoms with van der Waals surface area (Å²) in [7, 11) is 3.75. The molecule has 0 aliphatic heterocycles. The number of hydrogen-bond donors (Lipinski definition) is 1. The Morgan fingerprint density at radius 1 is 1.12 bits per heavy atom. The molecular weight excluding hydrogens is 471 g/mol. The largest absolute Gasteiger partial charge is 0.493 e. The van der Waals surface area contributed by atoms with E-state index in [2.05, 4.69) is 20.3 Å². The van der Waals surface area contributed by atoms with Crippen molar-refractivity contribution in [2.45, 2.75) is 12.6 Å². The molecule has 2 aromatic heterocycles. The monoisotopic (exact) mass is 490 g/mol. The van der Waals surface area contributed by atoms with E-state index in [4.69, 9.17) is 16.3 Å². The van der Waals surface area contributed by atoms with Gasteiger partial charge >= 0.3 is 6.18 Å². The molecule has 3 rings (SSSR count). The van der Waals surface area contributed by atoms with Crippen LogP contribution in [0.5, 0.6) is 5.75 Å². The van der Waals surface area contributed by atoms with Gasteiger partial charge in [0.25, 0.3) is 0 Å². The first-order valence-electron chi connectivity index (χ1n) is 9.68. The number of benzene rings is 1. The first-order valence-corrected chi connectivity index (χ1v) is 10.1. The molecule has 0 atom stereocenters. The quantitative estimate of drug-likeness (QED) is 0.269. The fraction of sp³-hybridized carbons (Fsp3) is 0.350. The molecule has 2 heterocycles. The molecule has 178 valence electrons. The van der Waals surface area contributed by atoms with Crippen LogP contribution in [0.3, 0.4) is 0 Å². The highest BCUT2D eigenvalue weighted by Gasteiger charge is 2.29. The Morgan fingerprint density at radius 3 is 2.39 bits per heavy atom. The van der Waals surface area contributed by atoms with Crippen molar-refractivity contribution in [3.63, 3.8) is 0 Å². The molecule has 0 spiro atoms. The van der Waals surface area contributed by atoms with E-state index in [1.165, 1.54) is 23.3 Å². The summed E-state index contributed by atoms with van der Waals surface area (Å²) in [4.78, 5) is 13.7. The molecule has 0 aliphatic rings. The maximum atomic E-state index is 14.9. The normalized spacial score (nSPS) is 11.8. The van der Waals surface area contributed by atoms with Crippen molar-refractivity contribution in [2.24, 2.45) is 0 Å². The molecule has 1 N–H and O–H groups in total. The molecule has 1 aromatic carbocycles. The fourth-order valence-corrected chi connectivity index (χ4v) is 3.15. The lowest BCUT2D eigenvalue weighted by molar-refractivity contribution is -0.115. The zero-order valence-electron chi connectivity index (χ0n) is 17.6. The number of imidazole rings is 1. The summed E-state index contributed by atoms with van der Waals surface area (Å²) in [5, 5.41) is 1.60. The van der Waals surface area contributed by atoms with E-state index in [1.54, 1.807) is 0 Å². The summed E-state index contributed by atoms with van der Waals surface area (Å²) in [6, 6.07) is 1.86. The van der Waals surface area contributed by atoms with Gasteiger partial charge in [-0.15, -0.1) is 0 Å². The van der Waals surface area contributed by atoms with Crippen LogP contribution in [0.4, 0.5) is 27.8 Å². The van der Waals surface area contributed by atoms with Crippen molar-refractivity contribution in [1.29, 1.82) is 0 Å². The van der Waals surface area contributed by atoms with Crippen LogP contribution in [0.2, 0.25) is 5.15 Å². The van der Waals surface area contributed by atoms with Gasteiger partial charge in [0.15, 0.2) is 0 Å². The van der Waals surface area contributed by atoms with E-state index in [0.29, 0.717) is 13.0 Å². The topological polar surface area (TPSA) is 68.1 Å². The Balaban J connectivity index is 1.99. The Hall–Kier alpha value is -2.99. The summed E-state index contributed by atoms with van der Waals surface area (Å²) in [5.41, 5.74) is -1.12. The maximum Gasteiger partial charge on any atom is 0.405 e. The third kappa shape index (κ3) is 6.51. The summed E-state index contributed by atoms with van der Waals surface area (Å²) in [5.74, 6) is -2.87. The summed E-state index contributed by atoms with van der Waals surface area (Å²) < 4.78 is 75.0. The first-order chi connectivity index (χ1) is 15.5. The summed E-state index contributed by atoms with van der Waals surface area (Å²) in [6.45, 7) is -0.571. The number of alkyl halides is 3. The van der Waals surface area contributed by atoms with Crippen LogP contribution in [-0.4, -0.2) is 64.4 Å². The molecule has 0 unspecified atom stereocenters. The standard InChI is InChI=1S/C20H20ClF5N6O/c1-31(2)5-3-7-33-12-8-13(22)15(14(23)9-12)16-17(21)29-19(32-6-4-27-11-32)30-18(16)28-10-20(24,25)26/h4,6,8-9,11H,3,5,7,10H2,1-2H3,(H,28,29,30). The second kappa shape index (κ2) is 10.3. The number of hydrogen-bond acceptors (Lipinski definition) is 6. The van der Waals surface area contributed by atoms with E-state index >= 15 is 0 Å². The fourth-order valence-electron chi connectivity index (χ4n) is 2.89. The average molecular weight is 491 g/mol. The molecule has 0 saturated heterocycles. The minimum absolute atomic E-state index is 0.0654. The van der Waals surface area contributed by atoms with Gasteiger partial charge in [0, 0.05) is 31.1 Å². The van der Waals surface area contributed by atoms with Gasteiger partial charge in [-0.3, -0.25) is 4.57 Å². The Labute approximate surface area is 191 Å². The van der Waals surface area contributed by atoms with Gasteiger partial charge in [-0.25, -0.2) is 13.8 Å². The lowest BCUT2D eigenvalue weighted by Crippen LogP contribution is -2.23. The van der Waals surface area contributed by atoms with E-state index in [1.807, 2.05) is 19.0 Å². The van der Waals surface area contributed by atoms with Gasteiger partial charge in [0.1, 0.15) is 41.2 Å². The van der Waals surface area contributed by atoms with Gasteiger partial charge in [0.2, 0.25) is 5.95 Å². The van der Waals surface area contributed by atoms with E-state index in [9.17, 15) is 22.0 Å². The highest BCUT2D eigenvalue weighted by atomic mass is 35.5. The molecule has 33 heavy (non-hydrogen) atoms. The minimum Gasteiger partial charge on any atom is -0.493 e. The third-order valence-corrected chi connectivity index (χ3v) is 4.60. The molecule has 0 amide bonds. The minimum atomic E-state index is -4.62. The Morgan fingerprint density at radius 2 is 1.82 bits per heavy atom. The van der Waals surface area contributed by atoms with Crippen LogP contribution in [-0.2, 0) is 0 Å². The van der Waals surface area contributed by atoms with Crippen molar-refractivity contribution in [3.05, 3.63) is 47.6 Å². The lowest BCUT2D eigenvalue weighted by atomic mass is 10.1. The van der Waals surface area contributed by atoms with E-state index in [0.717, 1.165) is 12.1 Å². The number of nitrogens with zero attached hydrogens (tertiary/aromatic N) is 5. The van der Waals surface area contributed by atoms with Gasteiger partial charge in [0.05, 0.1) is 17.7 Å². The number of rotatable bonds is 9. The Bertz CT molecular complexity index is 1070. The van der Waals surface area contributed by atoms with Crippen molar-refractivity contribution >= 4 is 17.4 Å². The van der Waals surface area contributed by atoms with Crippen LogP contribution in [0.15, 0.2) is 30.9 Å². The number of nitrogens with one attached hydrogen (secondary N) is 1. The lowest BCUT2D eigenvalue weighted by Gasteiger charge is -2.17. The van der Waals surface area contributed by atoms with Crippen molar-refractivity contribution < 1.29 is 26.7 Å². The van der Waals surface area contributed by atoms with Crippen molar-refractivity contribution in [1.82, 2.24) is 24.4 Å².